The molecule has 7 nitrogen and oxygen atoms in total. The number of hydrogen-bond acceptors (Lipinski definition) is 5. The molecule has 1 fully saturated rings. The van der Waals surface area contributed by atoms with E-state index in [4.69, 9.17) is 9.47 Å². The predicted molar refractivity (Wildman–Crippen MR) is 104 cm³/mol. The molecule has 0 aliphatic carbocycles. The number of hydrogen-bond donors (Lipinski definition) is 1. The number of sulfone groups is 1. The van der Waals surface area contributed by atoms with Crippen molar-refractivity contribution in [2.75, 3.05) is 39.5 Å². The monoisotopic (exact) mass is 383 g/mol. The minimum Gasteiger partial charge on any atom is -0.497 e. The standard InChI is InChI=1S/C18H29N3O4S/c1-14(25-16-8-6-7-15(11-16)24-5)12-20-17(19-4)21-9-10-26(22,23)18(2,3)13-21/h6-8,11,14H,9-10,12-13H2,1-5H3,(H,19,20). The summed E-state index contributed by atoms with van der Waals surface area (Å²) in [7, 11) is 0.245. The SMILES string of the molecule is CN=C(NCC(C)Oc1cccc(OC)c1)N1CCS(=O)(=O)C(C)(C)C1. The summed E-state index contributed by atoms with van der Waals surface area (Å²) in [6, 6.07) is 7.46. The third-order valence-corrected chi connectivity index (χ3v) is 7.01. The molecule has 1 aromatic carbocycles. The van der Waals surface area contributed by atoms with Gasteiger partial charge in [0.25, 0.3) is 0 Å². The van der Waals surface area contributed by atoms with Crippen molar-refractivity contribution in [2.45, 2.75) is 31.6 Å². The Morgan fingerprint density at radius 3 is 2.69 bits per heavy atom. The minimum absolute atomic E-state index is 0.0969. The van der Waals surface area contributed by atoms with Crippen molar-refractivity contribution in [1.82, 2.24) is 10.2 Å². The predicted octanol–water partition coefficient (Wildman–Crippen LogP) is 1.55. The first-order chi connectivity index (χ1) is 12.2. The van der Waals surface area contributed by atoms with Crippen molar-refractivity contribution >= 4 is 15.8 Å². The lowest BCUT2D eigenvalue weighted by Crippen LogP contribution is -2.57. The third-order valence-electron chi connectivity index (χ3n) is 4.48. The van der Waals surface area contributed by atoms with E-state index in [9.17, 15) is 8.42 Å². The molecule has 1 heterocycles. The summed E-state index contributed by atoms with van der Waals surface area (Å²) >= 11 is 0. The number of methoxy groups -OCH3 is 1. The fourth-order valence-corrected chi connectivity index (χ4v) is 4.21. The Morgan fingerprint density at radius 1 is 1.38 bits per heavy atom. The van der Waals surface area contributed by atoms with Gasteiger partial charge in [0, 0.05) is 26.2 Å². The maximum atomic E-state index is 12.2. The van der Waals surface area contributed by atoms with Crippen molar-refractivity contribution < 1.29 is 17.9 Å². The zero-order valence-electron chi connectivity index (χ0n) is 16.2. The highest BCUT2D eigenvalue weighted by Gasteiger charge is 2.40. The van der Waals surface area contributed by atoms with Crippen LogP contribution >= 0.6 is 0 Å². The van der Waals surface area contributed by atoms with E-state index in [1.807, 2.05) is 36.1 Å². The van der Waals surface area contributed by atoms with Gasteiger partial charge in [-0.25, -0.2) is 8.42 Å². The van der Waals surface area contributed by atoms with Crippen LogP contribution in [0, 0.1) is 0 Å². The van der Waals surface area contributed by atoms with E-state index in [1.165, 1.54) is 0 Å². The van der Waals surface area contributed by atoms with Crippen LogP contribution in [0.3, 0.4) is 0 Å². The van der Waals surface area contributed by atoms with Gasteiger partial charge in [-0.05, 0) is 32.9 Å². The molecule has 0 spiro atoms. The topological polar surface area (TPSA) is 80.2 Å². The number of nitrogens with one attached hydrogen (secondary N) is 1. The molecule has 1 aromatic rings. The first-order valence-electron chi connectivity index (χ1n) is 8.67. The molecule has 1 saturated heterocycles. The van der Waals surface area contributed by atoms with Gasteiger partial charge in [0.2, 0.25) is 0 Å². The van der Waals surface area contributed by atoms with E-state index in [0.717, 1.165) is 11.5 Å². The summed E-state index contributed by atoms with van der Waals surface area (Å²) in [6.07, 6.45) is -0.0969. The first kappa shape index (κ1) is 20.4. The summed E-state index contributed by atoms with van der Waals surface area (Å²) in [6.45, 7) is 6.89. The number of aliphatic imine (C=N–C) groups is 1. The van der Waals surface area contributed by atoms with E-state index >= 15 is 0 Å². The lowest BCUT2D eigenvalue weighted by atomic mass is 10.2. The van der Waals surface area contributed by atoms with E-state index in [2.05, 4.69) is 10.3 Å². The number of rotatable bonds is 5. The number of guanidine groups is 1. The second-order valence-corrected chi connectivity index (χ2v) is 9.78. The molecular weight excluding hydrogens is 354 g/mol. The zero-order valence-corrected chi connectivity index (χ0v) is 17.0. The Bertz CT molecular complexity index is 747. The summed E-state index contributed by atoms with van der Waals surface area (Å²) in [5.74, 6) is 2.31. The van der Waals surface area contributed by atoms with Crippen LogP contribution in [0.25, 0.3) is 0 Å². The third kappa shape index (κ3) is 4.81. The van der Waals surface area contributed by atoms with Crippen LogP contribution in [-0.4, -0.2) is 69.7 Å². The Kier molecular flexibility index (Phi) is 6.39. The van der Waals surface area contributed by atoms with Gasteiger partial charge >= 0.3 is 0 Å². The molecule has 26 heavy (non-hydrogen) atoms. The maximum absolute atomic E-state index is 12.2. The Labute approximate surface area is 156 Å². The number of nitrogens with zero attached hydrogens (tertiary/aromatic N) is 2. The Balaban J connectivity index is 1.92. The summed E-state index contributed by atoms with van der Waals surface area (Å²) in [5, 5.41) is 3.28. The van der Waals surface area contributed by atoms with Gasteiger partial charge in [-0.2, -0.15) is 0 Å². The van der Waals surface area contributed by atoms with Gasteiger partial charge in [-0.1, -0.05) is 6.07 Å². The summed E-state index contributed by atoms with van der Waals surface area (Å²) in [4.78, 5) is 6.28. The van der Waals surface area contributed by atoms with Gasteiger partial charge in [0.1, 0.15) is 17.6 Å². The van der Waals surface area contributed by atoms with Gasteiger partial charge in [-0.3, -0.25) is 4.99 Å². The largest absolute Gasteiger partial charge is 0.497 e. The smallest absolute Gasteiger partial charge is 0.193 e. The molecule has 0 amide bonds. The van der Waals surface area contributed by atoms with E-state index < -0.39 is 14.6 Å². The normalized spacial score (nSPS) is 20.3. The highest BCUT2D eigenvalue weighted by molar-refractivity contribution is 7.92. The van der Waals surface area contributed by atoms with Crippen LogP contribution < -0.4 is 14.8 Å². The van der Waals surface area contributed by atoms with E-state index in [1.54, 1.807) is 28.0 Å². The molecule has 0 saturated carbocycles. The molecule has 1 N–H and O–H groups in total. The first-order valence-corrected chi connectivity index (χ1v) is 10.3. The molecule has 0 aromatic heterocycles. The molecule has 0 radical (unpaired) electrons. The van der Waals surface area contributed by atoms with Crippen molar-refractivity contribution in [3.8, 4) is 11.5 Å². The van der Waals surface area contributed by atoms with Crippen molar-refractivity contribution in [1.29, 1.82) is 0 Å². The zero-order chi connectivity index (χ0) is 19.4. The van der Waals surface area contributed by atoms with E-state index in [0.29, 0.717) is 25.6 Å². The van der Waals surface area contributed by atoms with Crippen molar-refractivity contribution in [2.24, 2.45) is 4.99 Å². The fourth-order valence-electron chi connectivity index (χ4n) is 2.84. The second-order valence-electron chi connectivity index (χ2n) is 7.04. The average molecular weight is 384 g/mol. The van der Waals surface area contributed by atoms with E-state index in [-0.39, 0.29) is 11.9 Å². The number of benzene rings is 1. The maximum Gasteiger partial charge on any atom is 0.193 e. The summed E-state index contributed by atoms with van der Waals surface area (Å²) < 4.78 is 34.6. The Morgan fingerprint density at radius 2 is 2.08 bits per heavy atom. The van der Waals surface area contributed by atoms with Gasteiger partial charge in [0.15, 0.2) is 15.8 Å². The van der Waals surface area contributed by atoms with Crippen molar-refractivity contribution in [3.05, 3.63) is 24.3 Å². The molecular formula is C18H29N3O4S. The van der Waals surface area contributed by atoms with Crippen LogP contribution in [-0.2, 0) is 9.84 Å². The van der Waals surface area contributed by atoms with Crippen LogP contribution in [0.2, 0.25) is 0 Å². The molecule has 8 heteroatoms. The highest BCUT2D eigenvalue weighted by atomic mass is 32.2. The molecule has 1 unspecified atom stereocenters. The molecule has 0 bridgehead atoms. The lowest BCUT2D eigenvalue weighted by Gasteiger charge is -2.39. The number of ether oxygens (including phenoxy) is 2. The molecule has 1 atom stereocenters. The molecule has 2 rings (SSSR count). The molecule has 1 aliphatic rings. The van der Waals surface area contributed by atoms with Crippen LogP contribution in [0.4, 0.5) is 0 Å². The van der Waals surface area contributed by atoms with Crippen LogP contribution in [0.1, 0.15) is 20.8 Å². The second kappa shape index (κ2) is 8.16. The molecule has 146 valence electrons. The quantitative estimate of drug-likeness (QED) is 0.614. The lowest BCUT2D eigenvalue weighted by molar-refractivity contribution is 0.220. The van der Waals surface area contributed by atoms with Gasteiger partial charge < -0.3 is 19.7 Å². The van der Waals surface area contributed by atoms with Crippen LogP contribution in [0.5, 0.6) is 11.5 Å². The average Bonchev–Trinajstić information content (AvgIpc) is 2.58. The van der Waals surface area contributed by atoms with Gasteiger partial charge in [-0.15, -0.1) is 0 Å². The highest BCUT2D eigenvalue weighted by Crippen LogP contribution is 2.24. The fraction of sp³-hybridized carbons (Fsp3) is 0.611. The summed E-state index contributed by atoms with van der Waals surface area (Å²) in [5.41, 5.74) is 0. The van der Waals surface area contributed by atoms with Gasteiger partial charge in [0.05, 0.1) is 24.2 Å². The van der Waals surface area contributed by atoms with Crippen LogP contribution in [0.15, 0.2) is 29.3 Å². The molecule has 1 aliphatic heterocycles. The van der Waals surface area contributed by atoms with Crippen molar-refractivity contribution in [3.63, 3.8) is 0 Å². The minimum atomic E-state index is -3.08. The Hall–Kier alpha value is -1.96.